The average molecular weight is 225 g/mol. The van der Waals surface area contributed by atoms with Gasteiger partial charge in [0.25, 0.3) is 0 Å². The van der Waals surface area contributed by atoms with Gasteiger partial charge in [0.05, 0.1) is 32.5 Å². The van der Waals surface area contributed by atoms with Crippen LogP contribution >= 0.6 is 0 Å². The van der Waals surface area contributed by atoms with Crippen LogP contribution in [0.1, 0.15) is 5.76 Å². The first kappa shape index (κ1) is 11.1. The molecule has 1 aliphatic heterocycles. The number of carbonyl (C=O) groups excluding carboxylic acids is 1. The average Bonchev–Trinajstić information content (AvgIpc) is 2.83. The van der Waals surface area contributed by atoms with Crippen LogP contribution in [0.25, 0.3) is 0 Å². The Hall–Kier alpha value is -1.40. The van der Waals surface area contributed by atoms with E-state index >= 15 is 0 Å². The molecule has 0 bridgehead atoms. The van der Waals surface area contributed by atoms with Crippen molar-refractivity contribution in [1.82, 2.24) is 15.4 Å². The van der Waals surface area contributed by atoms with Gasteiger partial charge >= 0.3 is 0 Å². The van der Waals surface area contributed by atoms with Crippen LogP contribution < -0.4 is 5.32 Å². The van der Waals surface area contributed by atoms with E-state index in [2.05, 4.69) is 10.5 Å². The summed E-state index contributed by atoms with van der Waals surface area (Å²) in [6.45, 7) is 3.48. The molecule has 0 radical (unpaired) electrons. The third-order valence-electron chi connectivity index (χ3n) is 2.43. The zero-order valence-electron chi connectivity index (χ0n) is 9.02. The molecular formula is C10H15N3O3. The second kappa shape index (κ2) is 5.62. The predicted molar refractivity (Wildman–Crippen MR) is 55.6 cm³/mol. The lowest BCUT2D eigenvalue weighted by Crippen LogP contribution is -2.44. The molecule has 1 fully saturated rings. The van der Waals surface area contributed by atoms with E-state index in [1.54, 1.807) is 17.2 Å². The third kappa shape index (κ3) is 3.04. The smallest absolute Gasteiger partial charge is 0.236 e. The maximum Gasteiger partial charge on any atom is 0.236 e. The van der Waals surface area contributed by atoms with Crippen molar-refractivity contribution >= 4 is 5.91 Å². The number of hydrogen-bond donors (Lipinski definition) is 1. The normalized spacial score (nSPS) is 16.4. The Bertz CT molecular complexity index is 320. The predicted octanol–water partition coefficient (Wildman–Crippen LogP) is -0.377. The Morgan fingerprint density at radius 1 is 1.50 bits per heavy atom. The molecule has 0 spiro atoms. The minimum atomic E-state index is 0.0998. The van der Waals surface area contributed by atoms with Gasteiger partial charge in [-0.25, -0.2) is 0 Å². The number of aromatic nitrogens is 1. The number of nitrogens with zero attached hydrogens (tertiary/aromatic N) is 2. The lowest BCUT2D eigenvalue weighted by Gasteiger charge is -2.26. The van der Waals surface area contributed by atoms with Crippen LogP contribution in [0.2, 0.25) is 0 Å². The van der Waals surface area contributed by atoms with E-state index < -0.39 is 0 Å². The lowest BCUT2D eigenvalue weighted by molar-refractivity contribution is -0.134. The van der Waals surface area contributed by atoms with Crippen LogP contribution in [0.15, 0.2) is 16.8 Å². The minimum absolute atomic E-state index is 0.0998. The van der Waals surface area contributed by atoms with Gasteiger partial charge in [0.1, 0.15) is 5.76 Å². The first-order chi connectivity index (χ1) is 7.86. The Morgan fingerprint density at radius 3 is 3.00 bits per heavy atom. The second-order valence-electron chi connectivity index (χ2n) is 3.58. The van der Waals surface area contributed by atoms with Gasteiger partial charge in [-0.15, -0.1) is 0 Å². The SMILES string of the molecule is O=C(CNCc1ccno1)N1CCOCC1. The van der Waals surface area contributed by atoms with Crippen molar-refractivity contribution in [1.29, 1.82) is 0 Å². The van der Waals surface area contributed by atoms with Crippen molar-refractivity contribution in [3.8, 4) is 0 Å². The monoisotopic (exact) mass is 225 g/mol. The molecule has 1 aromatic heterocycles. The van der Waals surface area contributed by atoms with Crippen LogP contribution in [0, 0.1) is 0 Å². The van der Waals surface area contributed by atoms with Crippen LogP contribution in [0.5, 0.6) is 0 Å². The number of amides is 1. The Kier molecular flexibility index (Phi) is 3.90. The Balaban J connectivity index is 1.67. The van der Waals surface area contributed by atoms with Crippen molar-refractivity contribution in [3.63, 3.8) is 0 Å². The van der Waals surface area contributed by atoms with Crippen molar-refractivity contribution in [2.75, 3.05) is 32.8 Å². The fraction of sp³-hybridized carbons (Fsp3) is 0.600. The zero-order valence-corrected chi connectivity index (χ0v) is 9.02. The Morgan fingerprint density at radius 2 is 2.31 bits per heavy atom. The molecule has 1 amide bonds. The molecule has 1 aliphatic rings. The number of carbonyl (C=O) groups is 1. The highest BCUT2D eigenvalue weighted by atomic mass is 16.5. The van der Waals surface area contributed by atoms with Crippen molar-refractivity contribution in [2.24, 2.45) is 0 Å². The van der Waals surface area contributed by atoms with Crippen molar-refractivity contribution < 1.29 is 14.1 Å². The molecule has 0 atom stereocenters. The lowest BCUT2D eigenvalue weighted by atomic mass is 10.4. The molecule has 16 heavy (non-hydrogen) atoms. The van der Waals surface area contributed by atoms with Gasteiger partial charge in [-0.2, -0.15) is 0 Å². The van der Waals surface area contributed by atoms with Gasteiger partial charge in [-0.3, -0.25) is 4.79 Å². The summed E-state index contributed by atoms with van der Waals surface area (Å²) in [5.74, 6) is 0.831. The number of nitrogens with one attached hydrogen (secondary N) is 1. The van der Waals surface area contributed by atoms with E-state index in [-0.39, 0.29) is 5.91 Å². The number of rotatable bonds is 4. The van der Waals surface area contributed by atoms with E-state index in [9.17, 15) is 4.79 Å². The van der Waals surface area contributed by atoms with Gasteiger partial charge in [0.2, 0.25) is 5.91 Å². The highest BCUT2D eigenvalue weighted by molar-refractivity contribution is 5.78. The van der Waals surface area contributed by atoms with Crippen molar-refractivity contribution in [3.05, 3.63) is 18.0 Å². The molecule has 6 nitrogen and oxygen atoms in total. The minimum Gasteiger partial charge on any atom is -0.378 e. The largest absolute Gasteiger partial charge is 0.378 e. The summed E-state index contributed by atoms with van der Waals surface area (Å²) < 4.78 is 10.1. The summed E-state index contributed by atoms with van der Waals surface area (Å²) in [4.78, 5) is 13.5. The molecule has 0 unspecified atom stereocenters. The second-order valence-corrected chi connectivity index (χ2v) is 3.58. The van der Waals surface area contributed by atoms with Gasteiger partial charge < -0.3 is 19.5 Å². The van der Waals surface area contributed by atoms with E-state index in [4.69, 9.17) is 9.26 Å². The summed E-state index contributed by atoms with van der Waals surface area (Å²) >= 11 is 0. The maximum atomic E-state index is 11.7. The van der Waals surface area contributed by atoms with Crippen LogP contribution in [-0.2, 0) is 16.1 Å². The molecule has 0 aliphatic carbocycles. The van der Waals surface area contributed by atoms with E-state index in [1.165, 1.54) is 0 Å². The van der Waals surface area contributed by atoms with E-state index in [0.717, 1.165) is 5.76 Å². The first-order valence-corrected chi connectivity index (χ1v) is 5.32. The van der Waals surface area contributed by atoms with Gasteiger partial charge in [-0.1, -0.05) is 5.16 Å². The summed E-state index contributed by atoms with van der Waals surface area (Å²) in [7, 11) is 0. The van der Waals surface area contributed by atoms with Crippen LogP contribution in [0.3, 0.4) is 0 Å². The third-order valence-corrected chi connectivity index (χ3v) is 2.43. The maximum absolute atomic E-state index is 11.7. The molecule has 1 saturated heterocycles. The molecular weight excluding hydrogens is 210 g/mol. The van der Waals surface area contributed by atoms with Crippen LogP contribution in [-0.4, -0.2) is 48.8 Å². The molecule has 6 heteroatoms. The fourth-order valence-electron chi connectivity index (χ4n) is 1.55. The molecule has 0 aromatic carbocycles. The molecule has 0 saturated carbocycles. The van der Waals surface area contributed by atoms with Crippen LogP contribution in [0.4, 0.5) is 0 Å². The summed E-state index contributed by atoms with van der Waals surface area (Å²) in [6, 6.07) is 1.77. The van der Waals surface area contributed by atoms with Gasteiger partial charge in [0, 0.05) is 19.2 Å². The number of hydrogen-bond acceptors (Lipinski definition) is 5. The molecule has 88 valence electrons. The summed E-state index contributed by atoms with van der Waals surface area (Å²) in [5, 5.41) is 6.60. The number of ether oxygens (including phenoxy) is 1. The fourth-order valence-corrected chi connectivity index (χ4v) is 1.55. The number of morpholine rings is 1. The summed E-state index contributed by atoms with van der Waals surface area (Å²) in [5.41, 5.74) is 0. The quantitative estimate of drug-likeness (QED) is 0.756. The first-order valence-electron chi connectivity index (χ1n) is 5.32. The highest BCUT2D eigenvalue weighted by Crippen LogP contribution is 1.98. The molecule has 1 aromatic rings. The molecule has 2 heterocycles. The standard InChI is InChI=1S/C10H15N3O3/c14-10(13-3-5-15-6-4-13)8-11-7-9-1-2-12-16-9/h1-2,11H,3-8H2. The van der Waals surface area contributed by atoms with Gasteiger partial charge in [-0.05, 0) is 0 Å². The van der Waals surface area contributed by atoms with Gasteiger partial charge in [0.15, 0.2) is 0 Å². The zero-order chi connectivity index (χ0) is 11.2. The van der Waals surface area contributed by atoms with E-state index in [1.807, 2.05) is 0 Å². The molecule has 2 rings (SSSR count). The Labute approximate surface area is 93.5 Å². The van der Waals surface area contributed by atoms with Crippen molar-refractivity contribution in [2.45, 2.75) is 6.54 Å². The highest BCUT2D eigenvalue weighted by Gasteiger charge is 2.15. The van der Waals surface area contributed by atoms with E-state index in [0.29, 0.717) is 39.4 Å². The molecule has 1 N–H and O–H groups in total. The topological polar surface area (TPSA) is 67.6 Å². The summed E-state index contributed by atoms with van der Waals surface area (Å²) in [6.07, 6.45) is 1.58.